The average molecular weight is 261 g/mol. The first-order valence-corrected chi connectivity index (χ1v) is 7.23. The summed E-state index contributed by atoms with van der Waals surface area (Å²) in [6.45, 7) is 13.4. The minimum Gasteiger partial charge on any atom is -0.487 e. The zero-order valence-corrected chi connectivity index (χ0v) is 13.1. The molecular formula is C17H27NO. The largest absolute Gasteiger partial charge is 0.487 e. The molecule has 19 heavy (non-hydrogen) atoms. The first-order chi connectivity index (χ1) is 8.69. The highest BCUT2D eigenvalue weighted by molar-refractivity contribution is 5.38. The second-order valence-electron chi connectivity index (χ2n) is 7.41. The summed E-state index contributed by atoms with van der Waals surface area (Å²) < 4.78 is 6.08. The van der Waals surface area contributed by atoms with Crippen molar-refractivity contribution in [1.82, 2.24) is 5.32 Å². The Morgan fingerprint density at radius 1 is 1.26 bits per heavy atom. The van der Waals surface area contributed by atoms with Crippen LogP contribution < -0.4 is 10.1 Å². The fourth-order valence-corrected chi connectivity index (χ4v) is 2.50. The van der Waals surface area contributed by atoms with Crippen molar-refractivity contribution in [3.05, 3.63) is 29.8 Å². The number of hydrogen-bond acceptors (Lipinski definition) is 2. The van der Waals surface area contributed by atoms with Gasteiger partial charge < -0.3 is 10.1 Å². The van der Waals surface area contributed by atoms with Crippen LogP contribution in [0.25, 0.3) is 0 Å². The predicted octanol–water partition coefficient (Wildman–Crippen LogP) is 4.31. The molecule has 2 heteroatoms. The van der Waals surface area contributed by atoms with E-state index >= 15 is 0 Å². The van der Waals surface area contributed by atoms with Gasteiger partial charge in [0.25, 0.3) is 0 Å². The van der Waals surface area contributed by atoms with E-state index in [4.69, 9.17) is 4.74 Å². The summed E-state index contributed by atoms with van der Waals surface area (Å²) in [5.74, 6) is 1.03. The molecule has 0 saturated carbocycles. The Kier molecular flexibility index (Phi) is 3.65. The van der Waals surface area contributed by atoms with E-state index in [0.29, 0.717) is 12.1 Å². The highest BCUT2D eigenvalue weighted by Crippen LogP contribution is 2.40. The quantitative estimate of drug-likeness (QED) is 0.856. The molecule has 2 rings (SSSR count). The summed E-state index contributed by atoms with van der Waals surface area (Å²) in [6, 6.07) is 9.22. The first kappa shape index (κ1) is 14.4. The van der Waals surface area contributed by atoms with Crippen LogP contribution in [0.1, 0.15) is 59.6 Å². The lowest BCUT2D eigenvalue weighted by Crippen LogP contribution is -2.45. The molecule has 0 radical (unpaired) electrons. The molecule has 1 aromatic carbocycles. The van der Waals surface area contributed by atoms with Gasteiger partial charge in [0.2, 0.25) is 0 Å². The molecule has 1 aromatic rings. The van der Waals surface area contributed by atoms with Gasteiger partial charge in [0.15, 0.2) is 0 Å². The van der Waals surface area contributed by atoms with Crippen molar-refractivity contribution in [3.63, 3.8) is 0 Å². The number of ether oxygens (including phenoxy) is 1. The fourth-order valence-electron chi connectivity index (χ4n) is 2.50. The minimum absolute atomic E-state index is 0.108. The monoisotopic (exact) mass is 261 g/mol. The maximum atomic E-state index is 6.08. The van der Waals surface area contributed by atoms with Crippen molar-refractivity contribution < 1.29 is 4.74 Å². The predicted molar refractivity (Wildman–Crippen MR) is 80.6 cm³/mol. The van der Waals surface area contributed by atoms with E-state index in [-0.39, 0.29) is 11.0 Å². The van der Waals surface area contributed by atoms with Gasteiger partial charge in [0.05, 0.1) is 0 Å². The molecule has 0 amide bonds. The van der Waals surface area contributed by atoms with Gasteiger partial charge in [-0.25, -0.2) is 0 Å². The summed E-state index contributed by atoms with van der Waals surface area (Å²) in [5, 5.41) is 3.79. The molecule has 2 nitrogen and oxygen atoms in total. The lowest BCUT2D eigenvalue weighted by atomic mass is 9.84. The van der Waals surface area contributed by atoms with E-state index in [9.17, 15) is 0 Å². The Morgan fingerprint density at radius 3 is 2.53 bits per heavy atom. The van der Waals surface area contributed by atoms with E-state index in [0.717, 1.165) is 12.2 Å². The van der Waals surface area contributed by atoms with Gasteiger partial charge in [-0.1, -0.05) is 39.0 Å². The van der Waals surface area contributed by atoms with Crippen molar-refractivity contribution in [1.29, 1.82) is 0 Å². The average Bonchev–Trinajstić information content (AvgIpc) is 2.26. The van der Waals surface area contributed by atoms with Crippen molar-refractivity contribution in [2.75, 3.05) is 0 Å². The SMILES string of the molecule is CC(NC1CC(C)(C)Oc2ccccc21)C(C)(C)C. The first-order valence-electron chi connectivity index (χ1n) is 7.23. The second kappa shape index (κ2) is 4.82. The van der Waals surface area contributed by atoms with Gasteiger partial charge >= 0.3 is 0 Å². The van der Waals surface area contributed by atoms with Crippen LogP contribution in [0, 0.1) is 5.41 Å². The highest BCUT2D eigenvalue weighted by atomic mass is 16.5. The van der Waals surface area contributed by atoms with E-state index in [1.165, 1.54) is 5.56 Å². The van der Waals surface area contributed by atoms with Crippen LogP contribution in [0.4, 0.5) is 0 Å². The summed E-state index contributed by atoms with van der Waals surface area (Å²) in [7, 11) is 0. The summed E-state index contributed by atoms with van der Waals surface area (Å²) >= 11 is 0. The Labute approximate surface area is 117 Å². The number of para-hydroxylation sites is 1. The number of benzene rings is 1. The van der Waals surface area contributed by atoms with Crippen molar-refractivity contribution in [3.8, 4) is 5.75 Å². The second-order valence-corrected chi connectivity index (χ2v) is 7.41. The molecule has 106 valence electrons. The number of nitrogens with one attached hydrogen (secondary N) is 1. The van der Waals surface area contributed by atoms with Crippen LogP contribution in [-0.2, 0) is 0 Å². The molecular weight excluding hydrogens is 234 g/mol. The van der Waals surface area contributed by atoms with Gasteiger partial charge in [0.1, 0.15) is 11.4 Å². The van der Waals surface area contributed by atoms with Gasteiger partial charge in [-0.05, 0) is 32.3 Å². The molecule has 0 bridgehead atoms. The molecule has 1 heterocycles. The van der Waals surface area contributed by atoms with Crippen LogP contribution in [0.15, 0.2) is 24.3 Å². The zero-order valence-electron chi connectivity index (χ0n) is 13.1. The molecule has 0 aliphatic carbocycles. The van der Waals surface area contributed by atoms with E-state index in [1.54, 1.807) is 0 Å². The third-order valence-electron chi connectivity index (χ3n) is 4.13. The third-order valence-corrected chi connectivity index (χ3v) is 4.13. The van der Waals surface area contributed by atoms with Crippen molar-refractivity contribution >= 4 is 0 Å². The van der Waals surface area contributed by atoms with Crippen molar-refractivity contribution in [2.45, 2.75) is 65.6 Å². The molecule has 0 fully saturated rings. The van der Waals surface area contributed by atoms with Gasteiger partial charge in [0, 0.05) is 24.1 Å². The Bertz CT molecular complexity index is 445. The zero-order chi connectivity index (χ0) is 14.3. The smallest absolute Gasteiger partial charge is 0.124 e. The molecule has 1 N–H and O–H groups in total. The highest BCUT2D eigenvalue weighted by Gasteiger charge is 2.35. The lowest BCUT2D eigenvalue weighted by molar-refractivity contribution is 0.0600. The maximum absolute atomic E-state index is 6.08. The van der Waals surface area contributed by atoms with Gasteiger partial charge in [-0.3, -0.25) is 0 Å². The molecule has 0 spiro atoms. The van der Waals surface area contributed by atoms with Gasteiger partial charge in [-0.2, -0.15) is 0 Å². The normalized spacial score (nSPS) is 23.4. The molecule has 1 aliphatic rings. The topological polar surface area (TPSA) is 21.3 Å². The van der Waals surface area contributed by atoms with Gasteiger partial charge in [-0.15, -0.1) is 0 Å². The number of hydrogen-bond donors (Lipinski definition) is 1. The summed E-state index contributed by atoms with van der Waals surface area (Å²) in [6.07, 6.45) is 1.00. The standard InChI is InChI=1S/C17H27NO/c1-12(16(2,3)4)18-14-11-17(5,6)19-15-10-8-7-9-13(14)15/h7-10,12,14,18H,11H2,1-6H3. The number of rotatable bonds is 2. The Balaban J connectivity index is 2.25. The third kappa shape index (κ3) is 3.30. The Morgan fingerprint density at radius 2 is 1.89 bits per heavy atom. The molecule has 0 saturated heterocycles. The van der Waals surface area contributed by atoms with Crippen LogP contribution >= 0.6 is 0 Å². The van der Waals surface area contributed by atoms with Crippen LogP contribution in [0.2, 0.25) is 0 Å². The fraction of sp³-hybridized carbons (Fsp3) is 0.647. The minimum atomic E-state index is -0.108. The van der Waals surface area contributed by atoms with Crippen LogP contribution in [0.5, 0.6) is 5.75 Å². The summed E-state index contributed by atoms with van der Waals surface area (Å²) in [5.41, 5.74) is 1.44. The van der Waals surface area contributed by atoms with E-state index in [2.05, 4.69) is 65.1 Å². The summed E-state index contributed by atoms with van der Waals surface area (Å²) in [4.78, 5) is 0. The lowest BCUT2D eigenvalue weighted by Gasteiger charge is -2.41. The Hall–Kier alpha value is -1.02. The molecule has 2 atom stereocenters. The van der Waals surface area contributed by atoms with E-state index in [1.807, 2.05) is 6.07 Å². The maximum Gasteiger partial charge on any atom is 0.124 e. The molecule has 1 aliphatic heterocycles. The molecule has 0 aromatic heterocycles. The molecule has 2 unspecified atom stereocenters. The van der Waals surface area contributed by atoms with Crippen LogP contribution in [-0.4, -0.2) is 11.6 Å². The van der Waals surface area contributed by atoms with E-state index < -0.39 is 0 Å². The van der Waals surface area contributed by atoms with Crippen molar-refractivity contribution in [2.24, 2.45) is 5.41 Å². The van der Waals surface area contributed by atoms with Crippen LogP contribution in [0.3, 0.4) is 0 Å². The number of fused-ring (bicyclic) bond motifs is 1.